The average Bonchev–Trinajstić information content (AvgIpc) is 2.26. The Hall–Kier alpha value is -2.10. The predicted molar refractivity (Wildman–Crippen MR) is 55.0 cm³/mol. The molecule has 15 heavy (non-hydrogen) atoms. The van der Waals surface area contributed by atoms with Gasteiger partial charge in [0.15, 0.2) is 0 Å². The van der Waals surface area contributed by atoms with Gasteiger partial charge >= 0.3 is 0 Å². The predicted octanol–water partition coefficient (Wildman–Crippen LogP) is 0.430. The van der Waals surface area contributed by atoms with Gasteiger partial charge < -0.3 is 10.6 Å². The lowest BCUT2D eigenvalue weighted by Crippen LogP contribution is -2.45. The molecule has 0 unspecified atom stereocenters. The molecule has 1 heterocycles. The molecule has 2 N–H and O–H groups in total. The highest BCUT2D eigenvalue weighted by Gasteiger charge is 2.31. The van der Waals surface area contributed by atoms with Gasteiger partial charge in [0, 0.05) is 12.6 Å². The van der Waals surface area contributed by atoms with Crippen molar-refractivity contribution >= 4 is 11.7 Å². The lowest BCUT2D eigenvalue weighted by molar-refractivity contribution is -0.119. The zero-order valence-electron chi connectivity index (χ0n) is 8.20. The molecule has 1 amide bonds. The number of amides is 1. The van der Waals surface area contributed by atoms with Crippen molar-refractivity contribution in [2.75, 3.05) is 7.05 Å². The third kappa shape index (κ3) is 1.50. The fourth-order valence-corrected chi connectivity index (χ4v) is 1.43. The highest BCUT2D eigenvalue weighted by molar-refractivity contribution is 6.20. The van der Waals surface area contributed by atoms with Crippen LogP contribution in [0.5, 0.6) is 0 Å². The van der Waals surface area contributed by atoms with Gasteiger partial charge in [0.2, 0.25) is 5.78 Å². The van der Waals surface area contributed by atoms with Crippen LogP contribution in [0, 0.1) is 0 Å². The SMILES string of the molecule is CNC1=C(C(=O)c2ccccc2)NC1=O. The van der Waals surface area contributed by atoms with Crippen LogP contribution in [-0.4, -0.2) is 18.7 Å². The van der Waals surface area contributed by atoms with Crippen molar-refractivity contribution in [3.8, 4) is 0 Å². The Labute approximate surface area is 87.0 Å². The average molecular weight is 202 g/mol. The molecule has 0 radical (unpaired) electrons. The Kier molecular flexibility index (Phi) is 2.25. The molecule has 1 aliphatic heterocycles. The second kappa shape index (κ2) is 3.57. The van der Waals surface area contributed by atoms with Gasteiger partial charge in [-0.1, -0.05) is 30.3 Å². The van der Waals surface area contributed by atoms with E-state index in [0.29, 0.717) is 17.0 Å². The van der Waals surface area contributed by atoms with Crippen molar-refractivity contribution in [2.24, 2.45) is 0 Å². The normalized spacial score (nSPS) is 14.3. The second-order valence-electron chi connectivity index (χ2n) is 3.15. The lowest BCUT2D eigenvalue weighted by atomic mass is 10.0. The minimum atomic E-state index is -0.239. The summed E-state index contributed by atoms with van der Waals surface area (Å²) in [7, 11) is 1.62. The fourth-order valence-electron chi connectivity index (χ4n) is 1.43. The molecule has 0 saturated carbocycles. The molecule has 0 aromatic heterocycles. The number of Topliss-reactive ketones (excluding diaryl/α,β-unsaturated/α-hetero) is 1. The maximum absolute atomic E-state index is 11.8. The molecule has 1 aromatic carbocycles. The number of hydrogen-bond acceptors (Lipinski definition) is 3. The number of hydrogen-bond donors (Lipinski definition) is 2. The van der Waals surface area contributed by atoms with Crippen LogP contribution in [0.4, 0.5) is 0 Å². The van der Waals surface area contributed by atoms with Gasteiger partial charge in [-0.3, -0.25) is 9.59 Å². The van der Waals surface area contributed by atoms with Crippen molar-refractivity contribution in [3.05, 3.63) is 47.3 Å². The molecule has 0 aliphatic carbocycles. The van der Waals surface area contributed by atoms with E-state index in [9.17, 15) is 9.59 Å². The summed E-state index contributed by atoms with van der Waals surface area (Å²) < 4.78 is 0. The van der Waals surface area contributed by atoms with E-state index in [1.807, 2.05) is 6.07 Å². The van der Waals surface area contributed by atoms with E-state index in [2.05, 4.69) is 10.6 Å². The first-order valence-corrected chi connectivity index (χ1v) is 4.57. The molecular formula is C11H10N2O2. The number of likely N-dealkylation sites (N-methyl/N-ethyl adjacent to an activating group) is 1. The van der Waals surface area contributed by atoms with E-state index < -0.39 is 0 Å². The largest absolute Gasteiger partial charge is 0.382 e. The molecule has 0 spiro atoms. The summed E-state index contributed by atoms with van der Waals surface area (Å²) in [6, 6.07) is 8.84. The summed E-state index contributed by atoms with van der Waals surface area (Å²) in [5.74, 6) is -0.406. The van der Waals surface area contributed by atoms with E-state index >= 15 is 0 Å². The Morgan fingerprint density at radius 3 is 2.47 bits per heavy atom. The molecule has 1 aliphatic rings. The summed E-state index contributed by atoms with van der Waals surface area (Å²) in [4.78, 5) is 22.9. The van der Waals surface area contributed by atoms with Gasteiger partial charge in [-0.15, -0.1) is 0 Å². The molecule has 1 aromatic rings. The van der Waals surface area contributed by atoms with Crippen LogP contribution >= 0.6 is 0 Å². The molecule has 0 bridgehead atoms. The van der Waals surface area contributed by atoms with Crippen LogP contribution in [0.1, 0.15) is 10.4 Å². The van der Waals surface area contributed by atoms with Gasteiger partial charge in [0.25, 0.3) is 5.91 Å². The number of allylic oxidation sites excluding steroid dienone is 1. The van der Waals surface area contributed by atoms with Gasteiger partial charge in [0.05, 0.1) is 0 Å². The topological polar surface area (TPSA) is 58.2 Å². The summed E-state index contributed by atoms with van der Waals surface area (Å²) in [6.45, 7) is 0. The van der Waals surface area contributed by atoms with E-state index in [0.717, 1.165) is 0 Å². The van der Waals surface area contributed by atoms with Crippen LogP contribution in [0.25, 0.3) is 0 Å². The molecule has 4 heteroatoms. The highest BCUT2D eigenvalue weighted by atomic mass is 16.2. The highest BCUT2D eigenvalue weighted by Crippen LogP contribution is 2.15. The zero-order valence-corrected chi connectivity index (χ0v) is 8.20. The summed E-state index contributed by atoms with van der Waals surface area (Å²) in [6.07, 6.45) is 0. The van der Waals surface area contributed by atoms with Gasteiger partial charge in [-0.2, -0.15) is 0 Å². The monoisotopic (exact) mass is 202 g/mol. The summed E-state index contributed by atoms with van der Waals surface area (Å²) in [5.41, 5.74) is 1.26. The van der Waals surface area contributed by atoms with Crippen molar-refractivity contribution in [1.82, 2.24) is 10.6 Å². The summed E-state index contributed by atoms with van der Waals surface area (Å²) >= 11 is 0. The molecular weight excluding hydrogens is 192 g/mol. The van der Waals surface area contributed by atoms with Crippen LogP contribution in [-0.2, 0) is 4.79 Å². The molecule has 2 rings (SSSR count). The standard InChI is InChI=1S/C11H10N2O2/c1-12-9-8(13-11(9)15)10(14)7-5-3-2-4-6-7/h2-6,12H,1H3,(H,13,15). The first kappa shape index (κ1) is 9.45. The van der Waals surface area contributed by atoms with Crippen molar-refractivity contribution in [3.63, 3.8) is 0 Å². The first-order chi connectivity index (χ1) is 7.24. The quantitative estimate of drug-likeness (QED) is 0.699. The van der Waals surface area contributed by atoms with Crippen LogP contribution in [0.3, 0.4) is 0 Å². The Balaban J connectivity index is 2.31. The van der Waals surface area contributed by atoms with E-state index in [-0.39, 0.29) is 11.7 Å². The minimum absolute atomic E-state index is 0.167. The number of rotatable bonds is 3. The number of carbonyl (C=O) groups is 2. The fraction of sp³-hybridized carbons (Fsp3) is 0.0909. The maximum atomic E-state index is 11.8. The smallest absolute Gasteiger partial charge is 0.274 e. The molecule has 76 valence electrons. The van der Waals surface area contributed by atoms with Gasteiger partial charge in [-0.25, -0.2) is 0 Å². The van der Waals surface area contributed by atoms with Gasteiger partial charge in [-0.05, 0) is 0 Å². The molecule has 0 saturated heterocycles. The number of nitrogens with one attached hydrogen (secondary N) is 2. The van der Waals surface area contributed by atoms with Crippen molar-refractivity contribution in [1.29, 1.82) is 0 Å². The van der Waals surface area contributed by atoms with Crippen LogP contribution < -0.4 is 10.6 Å². The lowest BCUT2D eigenvalue weighted by Gasteiger charge is -2.22. The van der Waals surface area contributed by atoms with Crippen molar-refractivity contribution in [2.45, 2.75) is 0 Å². The zero-order chi connectivity index (χ0) is 10.8. The van der Waals surface area contributed by atoms with Crippen LogP contribution in [0.15, 0.2) is 41.7 Å². The number of ketones is 1. The summed E-state index contributed by atoms with van der Waals surface area (Å²) in [5, 5.41) is 5.17. The number of carbonyl (C=O) groups excluding carboxylic acids is 2. The molecule has 0 fully saturated rings. The second-order valence-corrected chi connectivity index (χ2v) is 3.15. The first-order valence-electron chi connectivity index (χ1n) is 4.57. The molecule has 0 atom stereocenters. The number of benzene rings is 1. The van der Waals surface area contributed by atoms with E-state index in [4.69, 9.17) is 0 Å². The van der Waals surface area contributed by atoms with Crippen LogP contribution in [0.2, 0.25) is 0 Å². The third-order valence-corrected chi connectivity index (χ3v) is 2.23. The maximum Gasteiger partial charge on any atom is 0.274 e. The third-order valence-electron chi connectivity index (χ3n) is 2.23. The van der Waals surface area contributed by atoms with E-state index in [1.165, 1.54) is 0 Å². The Morgan fingerprint density at radius 1 is 1.27 bits per heavy atom. The molecule has 4 nitrogen and oxygen atoms in total. The Morgan fingerprint density at radius 2 is 1.93 bits per heavy atom. The van der Waals surface area contributed by atoms with Crippen molar-refractivity contribution < 1.29 is 9.59 Å². The Bertz CT molecular complexity index is 449. The van der Waals surface area contributed by atoms with E-state index in [1.54, 1.807) is 31.3 Å². The van der Waals surface area contributed by atoms with Gasteiger partial charge in [0.1, 0.15) is 11.4 Å². The minimum Gasteiger partial charge on any atom is -0.382 e.